The third-order valence-electron chi connectivity index (χ3n) is 5.70. The first-order valence-corrected chi connectivity index (χ1v) is 10.4. The van der Waals surface area contributed by atoms with Gasteiger partial charge in [-0.05, 0) is 59.8 Å². The molecule has 0 spiro atoms. The van der Waals surface area contributed by atoms with Gasteiger partial charge in [0.2, 0.25) is 5.91 Å². The Hall–Kier alpha value is -2.85. The molecule has 1 aliphatic heterocycles. The van der Waals surface area contributed by atoms with E-state index in [-0.39, 0.29) is 11.9 Å². The van der Waals surface area contributed by atoms with Gasteiger partial charge in [-0.25, -0.2) is 0 Å². The molecule has 2 N–H and O–H groups in total. The number of benzene rings is 3. The minimum absolute atomic E-state index is 0.0315. The molecule has 0 radical (unpaired) electrons. The summed E-state index contributed by atoms with van der Waals surface area (Å²) in [7, 11) is 1.67. The van der Waals surface area contributed by atoms with Crippen molar-refractivity contribution in [3.8, 4) is 5.75 Å². The van der Waals surface area contributed by atoms with Crippen molar-refractivity contribution in [2.75, 3.05) is 13.7 Å². The Morgan fingerprint density at radius 2 is 1.90 bits per heavy atom. The number of ether oxygens (including phenoxy) is 1. The van der Waals surface area contributed by atoms with Crippen LogP contribution in [0.25, 0.3) is 10.8 Å². The van der Waals surface area contributed by atoms with Gasteiger partial charge in [-0.1, -0.05) is 54.6 Å². The molecule has 1 aliphatic rings. The molecule has 4 heteroatoms. The highest BCUT2D eigenvalue weighted by Gasteiger charge is 2.22. The zero-order chi connectivity index (χ0) is 20.1. The highest BCUT2D eigenvalue weighted by molar-refractivity contribution is 5.86. The van der Waals surface area contributed by atoms with Crippen LogP contribution in [0.15, 0.2) is 66.7 Å². The zero-order valence-electron chi connectivity index (χ0n) is 16.9. The summed E-state index contributed by atoms with van der Waals surface area (Å²) in [5.41, 5.74) is 2.19. The Kier molecular flexibility index (Phi) is 6.11. The van der Waals surface area contributed by atoms with Gasteiger partial charge in [0.1, 0.15) is 5.75 Å². The number of rotatable bonds is 7. The van der Waals surface area contributed by atoms with Gasteiger partial charge >= 0.3 is 0 Å². The molecule has 1 fully saturated rings. The first-order chi connectivity index (χ1) is 14.2. The van der Waals surface area contributed by atoms with Crippen LogP contribution in [-0.4, -0.2) is 25.6 Å². The molecule has 3 aromatic rings. The minimum atomic E-state index is 0.0315. The number of hydrogen-bond donors (Lipinski definition) is 2. The van der Waals surface area contributed by atoms with Crippen LogP contribution in [0.5, 0.6) is 5.75 Å². The zero-order valence-corrected chi connectivity index (χ0v) is 16.9. The number of amides is 1. The monoisotopic (exact) mass is 388 g/mol. The van der Waals surface area contributed by atoms with E-state index in [1.165, 1.54) is 18.4 Å². The number of carbonyl (C=O) groups excluding carboxylic acids is 1. The van der Waals surface area contributed by atoms with Crippen molar-refractivity contribution in [2.24, 2.45) is 0 Å². The van der Waals surface area contributed by atoms with E-state index in [9.17, 15) is 4.79 Å². The molecule has 4 rings (SSSR count). The summed E-state index contributed by atoms with van der Waals surface area (Å²) >= 11 is 0. The van der Waals surface area contributed by atoms with Crippen molar-refractivity contribution >= 4 is 16.7 Å². The van der Waals surface area contributed by atoms with Gasteiger partial charge in [-0.15, -0.1) is 0 Å². The molecule has 0 aliphatic carbocycles. The van der Waals surface area contributed by atoms with E-state index in [1.807, 2.05) is 42.5 Å². The molecule has 0 bridgehead atoms. The molecule has 150 valence electrons. The molecule has 1 amide bonds. The Balaban J connectivity index is 1.46. The summed E-state index contributed by atoms with van der Waals surface area (Å²) in [6, 6.07) is 23.0. The third kappa shape index (κ3) is 4.96. The van der Waals surface area contributed by atoms with Gasteiger partial charge in [0.15, 0.2) is 0 Å². The lowest BCUT2D eigenvalue weighted by Gasteiger charge is -2.23. The second-order valence-corrected chi connectivity index (χ2v) is 7.78. The summed E-state index contributed by atoms with van der Waals surface area (Å²) < 4.78 is 5.29. The Morgan fingerprint density at radius 3 is 2.66 bits per heavy atom. The van der Waals surface area contributed by atoms with Gasteiger partial charge in [-0.2, -0.15) is 0 Å². The van der Waals surface area contributed by atoms with E-state index >= 15 is 0 Å². The van der Waals surface area contributed by atoms with Crippen LogP contribution in [0.2, 0.25) is 0 Å². The van der Waals surface area contributed by atoms with Crippen molar-refractivity contribution < 1.29 is 9.53 Å². The second-order valence-electron chi connectivity index (χ2n) is 7.78. The number of nitrogens with one attached hydrogen (secondary N) is 2. The van der Waals surface area contributed by atoms with Crippen molar-refractivity contribution in [2.45, 2.75) is 37.8 Å². The Bertz CT molecular complexity index is 965. The molecular weight excluding hydrogens is 360 g/mol. The number of fused-ring (bicyclic) bond motifs is 1. The lowest BCUT2D eigenvalue weighted by atomic mass is 9.97. The summed E-state index contributed by atoms with van der Waals surface area (Å²) in [5, 5.41) is 9.05. The Labute approximate surface area is 172 Å². The fourth-order valence-corrected chi connectivity index (χ4v) is 4.15. The van der Waals surface area contributed by atoms with E-state index in [4.69, 9.17) is 4.74 Å². The smallest absolute Gasteiger partial charge is 0.224 e. The highest BCUT2D eigenvalue weighted by atomic mass is 16.5. The lowest BCUT2D eigenvalue weighted by Crippen LogP contribution is -2.34. The van der Waals surface area contributed by atoms with E-state index < -0.39 is 0 Å². The van der Waals surface area contributed by atoms with Crippen LogP contribution < -0.4 is 15.4 Å². The summed E-state index contributed by atoms with van der Waals surface area (Å²) in [6.07, 6.45) is 3.69. The normalized spacial score (nSPS) is 17.2. The van der Waals surface area contributed by atoms with Crippen molar-refractivity contribution in [3.63, 3.8) is 0 Å². The SMILES string of the molecule is COc1ccc2cc(CC(=O)N[C@@H](CC3CCCN3)c3ccccc3)ccc2c1. The van der Waals surface area contributed by atoms with Gasteiger partial charge < -0.3 is 15.4 Å². The van der Waals surface area contributed by atoms with Gasteiger partial charge in [0.25, 0.3) is 0 Å². The van der Waals surface area contributed by atoms with Gasteiger partial charge in [0, 0.05) is 6.04 Å². The maximum absolute atomic E-state index is 12.9. The van der Waals surface area contributed by atoms with E-state index in [0.717, 1.165) is 35.1 Å². The average Bonchev–Trinajstić information content (AvgIpc) is 3.26. The molecule has 0 aromatic heterocycles. The van der Waals surface area contributed by atoms with E-state index in [1.54, 1.807) is 7.11 Å². The second kappa shape index (κ2) is 9.10. The molecule has 3 aromatic carbocycles. The van der Waals surface area contributed by atoms with Gasteiger partial charge in [-0.3, -0.25) is 4.79 Å². The maximum Gasteiger partial charge on any atom is 0.224 e. The molecule has 1 saturated heterocycles. The largest absolute Gasteiger partial charge is 0.497 e. The van der Waals surface area contributed by atoms with Crippen LogP contribution in [-0.2, 0) is 11.2 Å². The molecule has 0 saturated carbocycles. The van der Waals surface area contributed by atoms with Crippen LogP contribution >= 0.6 is 0 Å². The first-order valence-electron chi connectivity index (χ1n) is 10.4. The third-order valence-corrected chi connectivity index (χ3v) is 5.70. The van der Waals surface area contributed by atoms with Crippen molar-refractivity contribution in [3.05, 3.63) is 77.9 Å². The average molecular weight is 389 g/mol. The molecule has 4 nitrogen and oxygen atoms in total. The Morgan fingerprint density at radius 1 is 1.10 bits per heavy atom. The number of carbonyl (C=O) groups is 1. The maximum atomic E-state index is 12.9. The predicted octanol–water partition coefficient (Wildman–Crippen LogP) is 4.39. The van der Waals surface area contributed by atoms with Crippen LogP contribution in [0.1, 0.15) is 36.4 Å². The van der Waals surface area contributed by atoms with Crippen LogP contribution in [0.3, 0.4) is 0 Å². The lowest BCUT2D eigenvalue weighted by molar-refractivity contribution is -0.121. The highest BCUT2D eigenvalue weighted by Crippen LogP contribution is 2.24. The molecule has 29 heavy (non-hydrogen) atoms. The van der Waals surface area contributed by atoms with E-state index in [2.05, 4.69) is 34.9 Å². The van der Waals surface area contributed by atoms with Crippen molar-refractivity contribution in [1.82, 2.24) is 10.6 Å². The van der Waals surface area contributed by atoms with Crippen molar-refractivity contribution in [1.29, 1.82) is 0 Å². The van der Waals surface area contributed by atoms with E-state index in [0.29, 0.717) is 12.5 Å². The number of methoxy groups -OCH3 is 1. The summed E-state index contributed by atoms with van der Waals surface area (Å²) in [5.74, 6) is 0.902. The topological polar surface area (TPSA) is 50.4 Å². The summed E-state index contributed by atoms with van der Waals surface area (Å²) in [4.78, 5) is 12.9. The molecule has 1 heterocycles. The van der Waals surface area contributed by atoms with Crippen LogP contribution in [0.4, 0.5) is 0 Å². The standard InChI is InChI=1S/C25H28N2O2/c1-29-23-12-11-20-14-18(9-10-21(20)16-23)15-25(28)27-24(17-22-8-5-13-26-22)19-6-3-2-4-7-19/h2-4,6-7,9-12,14,16,22,24,26H,5,8,13,15,17H2,1H3,(H,27,28)/t22?,24-/m0/s1. The first kappa shape index (κ1) is 19.5. The minimum Gasteiger partial charge on any atom is -0.497 e. The number of hydrogen-bond acceptors (Lipinski definition) is 3. The quantitative estimate of drug-likeness (QED) is 0.631. The molecule has 1 unspecified atom stereocenters. The summed E-state index contributed by atoms with van der Waals surface area (Å²) in [6.45, 7) is 1.07. The molecule has 2 atom stereocenters. The fourth-order valence-electron chi connectivity index (χ4n) is 4.15. The van der Waals surface area contributed by atoms with Crippen LogP contribution in [0, 0.1) is 0 Å². The molecular formula is C25H28N2O2. The van der Waals surface area contributed by atoms with Gasteiger partial charge in [0.05, 0.1) is 19.6 Å². The fraction of sp³-hybridized carbons (Fsp3) is 0.320. The predicted molar refractivity (Wildman–Crippen MR) is 117 cm³/mol.